The fourth-order valence-corrected chi connectivity index (χ4v) is 0. The van der Waals surface area contributed by atoms with E-state index in [1.165, 1.54) is 0 Å². The van der Waals surface area contributed by atoms with Gasteiger partial charge in [0.2, 0.25) is 0 Å². The molecule has 0 aromatic carbocycles. The monoisotopic (exact) mass is 105 g/mol. The van der Waals surface area contributed by atoms with E-state index in [1.54, 1.807) is 0 Å². The van der Waals surface area contributed by atoms with Crippen molar-refractivity contribution in [2.45, 2.75) is 0 Å². The Hall–Kier alpha value is 0.160. The topological polar surface area (TPSA) is 94.9 Å². The van der Waals surface area contributed by atoms with Crippen LogP contribution in [0, 0.1) is 10.1 Å². The molecule has 34 valence electrons. The van der Waals surface area contributed by atoms with E-state index in [0.29, 0.717) is 0 Å². The summed E-state index contributed by atoms with van der Waals surface area (Å²) < 4.78 is 0. The van der Waals surface area contributed by atoms with E-state index in [4.69, 9.17) is 15.3 Å². The second-order valence-corrected chi connectivity index (χ2v) is 0.238. The Kier molecular flexibility index (Phi) is 24.5. The summed E-state index contributed by atoms with van der Waals surface area (Å²) in [6, 6.07) is 0. The summed E-state index contributed by atoms with van der Waals surface area (Å²) in [5.41, 5.74) is 0. The Balaban J connectivity index is -0.0000000450. The molecule has 0 radical (unpaired) electrons. The Morgan fingerprint density at radius 2 is 1.67 bits per heavy atom. The fourth-order valence-electron chi connectivity index (χ4n) is 0. The normalized spacial score (nSPS) is 4.00. The summed E-state index contributed by atoms with van der Waals surface area (Å²) >= 11 is 0. The molecule has 0 fully saturated rings. The first kappa shape index (κ1) is 16.4. The molecule has 0 saturated carbocycles. The van der Waals surface area contributed by atoms with E-state index in [1.807, 2.05) is 0 Å². The molecular weight excluding hydrogens is 101 g/mol. The minimum atomic E-state index is -1.50. The summed E-state index contributed by atoms with van der Waals surface area (Å²) in [7, 11) is 0. The average Bonchev–Trinajstić information content (AvgIpc) is 0.811. The Bertz CT molecular complexity index is 30.5. The molecule has 0 spiro atoms. The standard InChI is InChI=1S/HNO3.Na.H2O.H/c2-1(3)4;;;/h(H,2,3,4);;1H2;. The molecule has 0 aliphatic carbocycles. The molecule has 0 aromatic heterocycles. The molecule has 0 atom stereocenters. The average molecular weight is 105 g/mol. The van der Waals surface area contributed by atoms with Crippen molar-refractivity contribution in [1.29, 1.82) is 0 Å². The van der Waals surface area contributed by atoms with Crippen molar-refractivity contribution in [3.63, 3.8) is 0 Å². The maximum absolute atomic E-state index is 8.36. The number of hydrogen-bond acceptors (Lipinski definition) is 2. The Morgan fingerprint density at radius 3 is 1.67 bits per heavy atom. The van der Waals surface area contributed by atoms with Gasteiger partial charge >= 0.3 is 29.6 Å². The molecule has 0 heterocycles. The van der Waals surface area contributed by atoms with Crippen molar-refractivity contribution in [2.75, 3.05) is 0 Å². The van der Waals surface area contributed by atoms with Crippen molar-refractivity contribution >= 4 is 29.6 Å². The SMILES string of the molecule is O.O=[N+]([O-])O.[NaH]. The van der Waals surface area contributed by atoms with Crippen molar-refractivity contribution < 1.29 is 15.8 Å². The van der Waals surface area contributed by atoms with Gasteiger partial charge in [0, 0.05) is 0 Å². The molecule has 0 unspecified atom stereocenters. The second kappa shape index (κ2) is 8.94. The van der Waals surface area contributed by atoms with Gasteiger partial charge in [0.05, 0.1) is 0 Å². The van der Waals surface area contributed by atoms with Gasteiger partial charge in [-0.2, -0.15) is 0 Å². The van der Waals surface area contributed by atoms with Gasteiger partial charge in [-0.05, 0) is 0 Å². The Labute approximate surface area is 55.7 Å². The minimum absolute atomic E-state index is 0. The zero-order chi connectivity index (χ0) is 3.58. The predicted molar refractivity (Wildman–Crippen MR) is 19.5 cm³/mol. The third-order valence-corrected chi connectivity index (χ3v) is 0. The van der Waals surface area contributed by atoms with Gasteiger partial charge in [0.25, 0.3) is 5.09 Å². The summed E-state index contributed by atoms with van der Waals surface area (Å²) in [6.45, 7) is 0. The van der Waals surface area contributed by atoms with Gasteiger partial charge in [0.1, 0.15) is 0 Å². The molecule has 0 aliphatic heterocycles. The third kappa shape index (κ3) is 1620. The van der Waals surface area contributed by atoms with Crippen LogP contribution < -0.4 is 0 Å². The van der Waals surface area contributed by atoms with Gasteiger partial charge in [-0.1, -0.05) is 0 Å². The van der Waals surface area contributed by atoms with Crippen LogP contribution in [-0.2, 0) is 0 Å². The van der Waals surface area contributed by atoms with Crippen LogP contribution in [0.4, 0.5) is 0 Å². The van der Waals surface area contributed by atoms with Gasteiger partial charge < -0.3 is 10.7 Å². The second-order valence-electron chi connectivity index (χ2n) is 0.238. The first-order chi connectivity index (χ1) is 1.73. The van der Waals surface area contributed by atoms with Crippen LogP contribution in [0.1, 0.15) is 0 Å². The fraction of sp³-hybridized carbons (Fsp3) is 0. The van der Waals surface area contributed by atoms with E-state index in [0.717, 1.165) is 0 Å². The first-order valence-electron chi connectivity index (χ1n) is 0.565. The van der Waals surface area contributed by atoms with Crippen LogP contribution in [0.5, 0.6) is 0 Å². The predicted octanol–water partition coefficient (Wildman–Crippen LogP) is -1.82. The molecule has 5 nitrogen and oxygen atoms in total. The zero-order valence-corrected chi connectivity index (χ0v) is 2.21. The van der Waals surface area contributed by atoms with Crippen molar-refractivity contribution in [1.82, 2.24) is 0 Å². The molecule has 0 bridgehead atoms. The molecule has 6 heavy (non-hydrogen) atoms. The van der Waals surface area contributed by atoms with Crippen LogP contribution in [0.25, 0.3) is 0 Å². The third-order valence-electron chi connectivity index (χ3n) is 0. The molecule has 0 aromatic rings. The number of hydrogen-bond donors (Lipinski definition) is 1. The molecule has 0 amide bonds. The van der Waals surface area contributed by atoms with E-state index < -0.39 is 5.09 Å². The molecule has 0 rings (SSSR count). The van der Waals surface area contributed by atoms with E-state index in [2.05, 4.69) is 0 Å². The Morgan fingerprint density at radius 1 is 1.67 bits per heavy atom. The van der Waals surface area contributed by atoms with Crippen molar-refractivity contribution in [3.8, 4) is 0 Å². The van der Waals surface area contributed by atoms with Crippen molar-refractivity contribution in [3.05, 3.63) is 10.1 Å². The van der Waals surface area contributed by atoms with E-state index in [9.17, 15) is 0 Å². The molecule has 0 saturated heterocycles. The summed E-state index contributed by atoms with van der Waals surface area (Å²) in [4.78, 5) is 8.36. The van der Waals surface area contributed by atoms with E-state index in [-0.39, 0.29) is 35.0 Å². The molecular formula is H4NNaO4. The molecule has 3 N–H and O–H groups in total. The van der Waals surface area contributed by atoms with Crippen molar-refractivity contribution in [2.24, 2.45) is 0 Å². The summed E-state index contributed by atoms with van der Waals surface area (Å²) in [6.07, 6.45) is 0. The summed E-state index contributed by atoms with van der Waals surface area (Å²) in [5, 5.41) is 13.6. The molecule has 6 heteroatoms. The van der Waals surface area contributed by atoms with Crippen LogP contribution in [-0.4, -0.2) is 45.3 Å². The van der Waals surface area contributed by atoms with Crippen LogP contribution >= 0.6 is 0 Å². The summed E-state index contributed by atoms with van der Waals surface area (Å²) in [5.74, 6) is 0. The van der Waals surface area contributed by atoms with Gasteiger partial charge in [-0.25, -0.2) is 0 Å². The quantitative estimate of drug-likeness (QED) is 0.223. The number of rotatable bonds is 0. The van der Waals surface area contributed by atoms with Crippen LogP contribution in [0.3, 0.4) is 0 Å². The van der Waals surface area contributed by atoms with Gasteiger partial charge in [-0.15, -0.1) is 10.1 Å². The van der Waals surface area contributed by atoms with E-state index >= 15 is 0 Å². The molecule has 0 aliphatic rings. The maximum atomic E-state index is 8.36. The first-order valence-corrected chi connectivity index (χ1v) is 0.565. The number of nitrogens with zero attached hydrogens (tertiary/aromatic N) is 1. The van der Waals surface area contributed by atoms with Gasteiger partial charge in [-0.3, -0.25) is 0 Å². The van der Waals surface area contributed by atoms with Crippen LogP contribution in [0.15, 0.2) is 0 Å². The zero-order valence-electron chi connectivity index (χ0n) is 2.21. The van der Waals surface area contributed by atoms with Crippen LogP contribution in [0.2, 0.25) is 0 Å². The van der Waals surface area contributed by atoms with Gasteiger partial charge in [0.15, 0.2) is 0 Å².